The molecule has 2 heterocycles. The van der Waals surface area contributed by atoms with Gasteiger partial charge in [-0.3, -0.25) is 0 Å². The van der Waals surface area contributed by atoms with Crippen LogP contribution in [0.2, 0.25) is 0 Å². The molecule has 0 bridgehead atoms. The van der Waals surface area contributed by atoms with Crippen molar-refractivity contribution in [1.82, 2.24) is 20.1 Å². The first-order valence-corrected chi connectivity index (χ1v) is 8.56. The SMILES string of the molecule is CC(C)CNCc1csc(CCN2CCN(C)CC2)n1. The largest absolute Gasteiger partial charge is 0.311 e. The molecule has 1 fully saturated rings. The molecule has 1 aliphatic heterocycles. The summed E-state index contributed by atoms with van der Waals surface area (Å²) in [7, 11) is 2.20. The molecule has 2 rings (SSSR count). The second-order valence-corrected chi connectivity index (χ2v) is 7.09. The molecule has 1 N–H and O–H groups in total. The fourth-order valence-corrected chi connectivity index (χ4v) is 3.15. The molecule has 1 aromatic heterocycles. The first kappa shape index (κ1) is 15.9. The number of piperazine rings is 1. The van der Waals surface area contributed by atoms with E-state index in [4.69, 9.17) is 4.98 Å². The van der Waals surface area contributed by atoms with Crippen molar-refractivity contribution in [2.24, 2.45) is 5.92 Å². The topological polar surface area (TPSA) is 31.4 Å². The Morgan fingerprint density at radius 1 is 1.30 bits per heavy atom. The van der Waals surface area contributed by atoms with Gasteiger partial charge in [-0.25, -0.2) is 4.98 Å². The van der Waals surface area contributed by atoms with Gasteiger partial charge in [-0.05, 0) is 19.5 Å². The van der Waals surface area contributed by atoms with E-state index in [9.17, 15) is 0 Å². The van der Waals surface area contributed by atoms with Crippen LogP contribution in [0.25, 0.3) is 0 Å². The monoisotopic (exact) mass is 296 g/mol. The number of aromatic nitrogens is 1. The average Bonchev–Trinajstić information content (AvgIpc) is 2.86. The Morgan fingerprint density at radius 3 is 2.75 bits per heavy atom. The molecule has 0 saturated carbocycles. The van der Waals surface area contributed by atoms with Crippen molar-refractivity contribution >= 4 is 11.3 Å². The third-order valence-corrected chi connectivity index (χ3v) is 4.65. The highest BCUT2D eigenvalue weighted by molar-refractivity contribution is 7.09. The van der Waals surface area contributed by atoms with Crippen molar-refractivity contribution in [3.63, 3.8) is 0 Å². The number of nitrogens with one attached hydrogen (secondary N) is 1. The van der Waals surface area contributed by atoms with Gasteiger partial charge >= 0.3 is 0 Å². The molecule has 0 atom stereocenters. The van der Waals surface area contributed by atoms with E-state index in [0.717, 1.165) is 26.1 Å². The van der Waals surface area contributed by atoms with Crippen LogP contribution in [0.3, 0.4) is 0 Å². The van der Waals surface area contributed by atoms with Crippen molar-refractivity contribution in [1.29, 1.82) is 0 Å². The van der Waals surface area contributed by atoms with Gasteiger partial charge < -0.3 is 15.1 Å². The van der Waals surface area contributed by atoms with Gasteiger partial charge in [-0.15, -0.1) is 11.3 Å². The third kappa shape index (κ3) is 5.48. The van der Waals surface area contributed by atoms with Gasteiger partial charge in [0.25, 0.3) is 0 Å². The number of thiazole rings is 1. The number of likely N-dealkylation sites (N-methyl/N-ethyl adjacent to an activating group) is 1. The van der Waals surface area contributed by atoms with Gasteiger partial charge in [0.15, 0.2) is 0 Å². The Kier molecular flexibility index (Phi) is 6.42. The van der Waals surface area contributed by atoms with Crippen molar-refractivity contribution in [3.05, 3.63) is 16.1 Å². The molecule has 0 radical (unpaired) electrons. The summed E-state index contributed by atoms with van der Waals surface area (Å²) >= 11 is 1.81. The van der Waals surface area contributed by atoms with E-state index in [-0.39, 0.29) is 0 Å². The Morgan fingerprint density at radius 2 is 2.05 bits per heavy atom. The smallest absolute Gasteiger partial charge is 0.0941 e. The standard InChI is InChI=1S/C15H28N4S/c1-13(2)10-16-11-14-12-20-15(17-14)4-5-19-8-6-18(3)7-9-19/h12-13,16H,4-11H2,1-3H3. The van der Waals surface area contributed by atoms with Crippen molar-refractivity contribution in [3.8, 4) is 0 Å². The van der Waals surface area contributed by atoms with E-state index in [0.29, 0.717) is 5.92 Å². The van der Waals surface area contributed by atoms with Crippen LogP contribution in [0.4, 0.5) is 0 Å². The van der Waals surface area contributed by atoms with E-state index in [2.05, 4.69) is 41.4 Å². The summed E-state index contributed by atoms with van der Waals surface area (Å²) in [4.78, 5) is 9.68. The maximum absolute atomic E-state index is 4.73. The lowest BCUT2D eigenvalue weighted by molar-refractivity contribution is 0.155. The lowest BCUT2D eigenvalue weighted by Gasteiger charge is -2.32. The summed E-state index contributed by atoms with van der Waals surface area (Å²) in [6, 6.07) is 0. The molecule has 0 amide bonds. The highest BCUT2D eigenvalue weighted by Gasteiger charge is 2.13. The second-order valence-electron chi connectivity index (χ2n) is 6.15. The minimum absolute atomic E-state index is 0.699. The molecular weight excluding hydrogens is 268 g/mol. The van der Waals surface area contributed by atoms with Crippen LogP contribution in [0.15, 0.2) is 5.38 Å². The molecule has 1 aliphatic rings. The van der Waals surface area contributed by atoms with Gasteiger partial charge in [-0.1, -0.05) is 13.8 Å². The van der Waals surface area contributed by atoms with Gasteiger partial charge in [0.2, 0.25) is 0 Å². The molecule has 0 aliphatic carbocycles. The van der Waals surface area contributed by atoms with Crippen molar-refractivity contribution in [2.75, 3.05) is 46.3 Å². The van der Waals surface area contributed by atoms with Gasteiger partial charge in [-0.2, -0.15) is 0 Å². The highest BCUT2D eigenvalue weighted by Crippen LogP contribution is 2.11. The van der Waals surface area contributed by atoms with Crippen LogP contribution in [0, 0.1) is 5.92 Å². The molecule has 0 aromatic carbocycles. The quantitative estimate of drug-likeness (QED) is 0.829. The summed E-state index contributed by atoms with van der Waals surface area (Å²) in [5.74, 6) is 0.699. The van der Waals surface area contributed by atoms with E-state index in [1.807, 2.05) is 11.3 Å². The minimum atomic E-state index is 0.699. The maximum Gasteiger partial charge on any atom is 0.0941 e. The molecule has 5 heteroatoms. The van der Waals surface area contributed by atoms with Crippen LogP contribution in [-0.4, -0.2) is 61.1 Å². The van der Waals surface area contributed by atoms with Gasteiger partial charge in [0.1, 0.15) is 0 Å². The molecular formula is C15H28N4S. The molecule has 114 valence electrons. The van der Waals surface area contributed by atoms with Crippen LogP contribution < -0.4 is 5.32 Å². The van der Waals surface area contributed by atoms with Crippen molar-refractivity contribution < 1.29 is 0 Å². The molecule has 1 saturated heterocycles. The number of hydrogen-bond acceptors (Lipinski definition) is 5. The lowest BCUT2D eigenvalue weighted by atomic mass is 10.2. The van der Waals surface area contributed by atoms with Gasteiger partial charge in [0.05, 0.1) is 10.7 Å². The zero-order valence-corrected chi connectivity index (χ0v) is 13.9. The van der Waals surface area contributed by atoms with Crippen LogP contribution in [0.5, 0.6) is 0 Å². The first-order chi connectivity index (χ1) is 9.63. The van der Waals surface area contributed by atoms with E-state index in [1.165, 1.54) is 36.9 Å². The fourth-order valence-electron chi connectivity index (χ4n) is 2.36. The average molecular weight is 296 g/mol. The van der Waals surface area contributed by atoms with E-state index in [1.54, 1.807) is 0 Å². The molecule has 0 unspecified atom stereocenters. The Hall–Kier alpha value is -0.490. The highest BCUT2D eigenvalue weighted by atomic mass is 32.1. The normalized spacial score (nSPS) is 18.0. The van der Waals surface area contributed by atoms with Crippen LogP contribution in [-0.2, 0) is 13.0 Å². The Bertz CT molecular complexity index is 383. The predicted octanol–water partition coefficient (Wildman–Crippen LogP) is 1.68. The molecule has 1 aromatic rings. The number of hydrogen-bond donors (Lipinski definition) is 1. The maximum atomic E-state index is 4.73. The van der Waals surface area contributed by atoms with E-state index >= 15 is 0 Å². The Balaban J connectivity index is 1.67. The number of rotatable bonds is 7. The minimum Gasteiger partial charge on any atom is -0.311 e. The fraction of sp³-hybridized carbons (Fsp3) is 0.800. The summed E-state index contributed by atoms with van der Waals surface area (Å²) in [5, 5.41) is 6.94. The van der Waals surface area contributed by atoms with Crippen LogP contribution in [0.1, 0.15) is 24.5 Å². The Labute approximate surface area is 127 Å². The first-order valence-electron chi connectivity index (χ1n) is 7.68. The van der Waals surface area contributed by atoms with Gasteiger partial charge in [0, 0.05) is 51.1 Å². The zero-order chi connectivity index (χ0) is 14.4. The summed E-state index contributed by atoms with van der Waals surface area (Å²) < 4.78 is 0. The second kappa shape index (κ2) is 8.08. The van der Waals surface area contributed by atoms with Crippen molar-refractivity contribution in [2.45, 2.75) is 26.8 Å². The molecule has 20 heavy (non-hydrogen) atoms. The number of nitrogens with zero attached hydrogens (tertiary/aromatic N) is 3. The summed E-state index contributed by atoms with van der Waals surface area (Å²) in [6.07, 6.45) is 1.10. The molecule has 0 spiro atoms. The molecule has 4 nitrogen and oxygen atoms in total. The lowest BCUT2D eigenvalue weighted by Crippen LogP contribution is -2.45. The zero-order valence-electron chi connectivity index (χ0n) is 13.1. The summed E-state index contributed by atoms with van der Waals surface area (Å²) in [6.45, 7) is 12.4. The van der Waals surface area contributed by atoms with E-state index < -0.39 is 0 Å². The predicted molar refractivity (Wildman–Crippen MR) is 86.3 cm³/mol. The third-order valence-electron chi connectivity index (χ3n) is 3.70. The summed E-state index contributed by atoms with van der Waals surface area (Å²) in [5.41, 5.74) is 1.20. The van der Waals surface area contributed by atoms with Crippen LogP contribution >= 0.6 is 11.3 Å².